The third kappa shape index (κ3) is 2.11. The van der Waals surface area contributed by atoms with Crippen molar-refractivity contribution in [3.05, 3.63) is 47.8 Å². The molecule has 0 N–H and O–H groups in total. The van der Waals surface area contributed by atoms with Crippen LogP contribution in [0.1, 0.15) is 16.2 Å². The number of hydrogen-bond acceptors (Lipinski definition) is 3. The number of hydrogen-bond donors (Lipinski definition) is 0. The Morgan fingerprint density at radius 3 is 2.89 bits per heavy atom. The van der Waals surface area contributed by atoms with E-state index in [1.807, 2.05) is 14.1 Å². The van der Waals surface area contributed by atoms with Crippen LogP contribution >= 0.6 is 0 Å². The second-order valence-electron chi connectivity index (χ2n) is 4.24. The zero-order valence-electron chi connectivity index (χ0n) is 10.5. The maximum absolute atomic E-state index is 13.5. The summed E-state index contributed by atoms with van der Waals surface area (Å²) in [4.78, 5) is 17.9. The average molecular weight is 247 g/mol. The SMILES string of the molecule is Cc1nc2c(F)cccn2c1C(=O)/C=C/N(C)C. The summed E-state index contributed by atoms with van der Waals surface area (Å²) in [6, 6.07) is 2.88. The summed E-state index contributed by atoms with van der Waals surface area (Å²) in [6.45, 7) is 1.70. The lowest BCUT2D eigenvalue weighted by Crippen LogP contribution is -2.06. The van der Waals surface area contributed by atoms with E-state index >= 15 is 0 Å². The van der Waals surface area contributed by atoms with Crippen LogP contribution in [0.15, 0.2) is 30.6 Å². The van der Waals surface area contributed by atoms with E-state index in [0.717, 1.165) is 0 Å². The molecule has 2 aromatic heterocycles. The van der Waals surface area contributed by atoms with Crippen molar-refractivity contribution in [3.63, 3.8) is 0 Å². The molecule has 0 aliphatic heterocycles. The van der Waals surface area contributed by atoms with Crippen LogP contribution in [0.4, 0.5) is 4.39 Å². The number of carbonyl (C=O) groups excluding carboxylic acids is 1. The molecular formula is C13H14FN3O. The van der Waals surface area contributed by atoms with Gasteiger partial charge in [-0.15, -0.1) is 0 Å². The van der Waals surface area contributed by atoms with E-state index in [1.165, 1.54) is 16.5 Å². The third-order valence-electron chi connectivity index (χ3n) is 2.53. The quantitative estimate of drug-likeness (QED) is 0.615. The zero-order chi connectivity index (χ0) is 13.3. The van der Waals surface area contributed by atoms with E-state index in [-0.39, 0.29) is 11.4 Å². The van der Waals surface area contributed by atoms with E-state index in [9.17, 15) is 9.18 Å². The molecule has 0 amide bonds. The topological polar surface area (TPSA) is 37.6 Å². The molecule has 0 aromatic carbocycles. The van der Waals surface area contributed by atoms with E-state index < -0.39 is 5.82 Å². The Morgan fingerprint density at radius 1 is 1.50 bits per heavy atom. The standard InChI is InChI=1S/C13H14FN3O/c1-9-12(11(18)6-8-16(2)3)17-7-4-5-10(14)13(17)15-9/h4-8H,1-3H3/b8-6+. The molecule has 5 heteroatoms. The Hall–Kier alpha value is -2.17. The van der Waals surface area contributed by atoms with Crippen LogP contribution in [-0.2, 0) is 0 Å². The van der Waals surface area contributed by atoms with Crippen molar-refractivity contribution in [2.24, 2.45) is 0 Å². The Labute approximate surface area is 104 Å². The summed E-state index contributed by atoms with van der Waals surface area (Å²) >= 11 is 0. The van der Waals surface area contributed by atoms with Crippen LogP contribution in [0, 0.1) is 12.7 Å². The van der Waals surface area contributed by atoms with Crippen molar-refractivity contribution < 1.29 is 9.18 Å². The summed E-state index contributed by atoms with van der Waals surface area (Å²) in [5.74, 6) is -0.629. The number of halogens is 1. The number of fused-ring (bicyclic) bond motifs is 1. The third-order valence-corrected chi connectivity index (χ3v) is 2.53. The molecule has 0 aliphatic rings. The molecule has 0 aliphatic carbocycles. The first kappa shape index (κ1) is 12.3. The molecule has 18 heavy (non-hydrogen) atoms. The van der Waals surface area contributed by atoms with Gasteiger partial charge < -0.3 is 4.90 Å². The molecule has 0 atom stereocenters. The summed E-state index contributed by atoms with van der Waals surface area (Å²) in [6.07, 6.45) is 4.73. The summed E-state index contributed by atoms with van der Waals surface area (Å²) in [5.41, 5.74) is 1.09. The molecular weight excluding hydrogens is 233 g/mol. The first-order chi connectivity index (χ1) is 8.50. The molecule has 4 nitrogen and oxygen atoms in total. The maximum Gasteiger partial charge on any atom is 0.205 e. The van der Waals surface area contributed by atoms with Gasteiger partial charge in [-0.2, -0.15) is 0 Å². The fourth-order valence-corrected chi connectivity index (χ4v) is 1.74. The Kier molecular flexibility index (Phi) is 3.14. The molecule has 0 bridgehead atoms. The minimum absolute atomic E-state index is 0.177. The molecule has 2 aromatic rings. The molecule has 0 fully saturated rings. The van der Waals surface area contributed by atoms with Crippen molar-refractivity contribution in [3.8, 4) is 0 Å². The van der Waals surface area contributed by atoms with Gasteiger partial charge >= 0.3 is 0 Å². The van der Waals surface area contributed by atoms with Gasteiger partial charge in [0, 0.05) is 32.6 Å². The second kappa shape index (κ2) is 4.60. The Morgan fingerprint density at radius 2 is 2.22 bits per heavy atom. The number of aromatic nitrogens is 2. The number of nitrogens with zero attached hydrogens (tertiary/aromatic N) is 3. The Balaban J connectivity index is 2.54. The van der Waals surface area contributed by atoms with Crippen molar-refractivity contribution in [2.45, 2.75) is 6.92 Å². The fourth-order valence-electron chi connectivity index (χ4n) is 1.74. The number of pyridine rings is 1. The molecule has 2 rings (SSSR count). The lowest BCUT2D eigenvalue weighted by molar-refractivity contribution is 0.104. The predicted octanol–water partition coefficient (Wildman–Crippen LogP) is 2.04. The predicted molar refractivity (Wildman–Crippen MR) is 67.0 cm³/mol. The normalized spacial score (nSPS) is 11.3. The van der Waals surface area contributed by atoms with Crippen molar-refractivity contribution in [1.82, 2.24) is 14.3 Å². The average Bonchev–Trinajstić information content (AvgIpc) is 2.64. The number of imidazole rings is 1. The van der Waals surface area contributed by atoms with Crippen LogP contribution in [0.5, 0.6) is 0 Å². The number of carbonyl (C=O) groups is 1. The highest BCUT2D eigenvalue weighted by Gasteiger charge is 2.16. The number of allylic oxidation sites excluding steroid dienone is 1. The van der Waals surface area contributed by atoms with E-state index in [2.05, 4.69) is 4.98 Å². The Bertz CT molecular complexity index is 628. The van der Waals surface area contributed by atoms with Crippen molar-refractivity contribution in [1.29, 1.82) is 0 Å². The van der Waals surface area contributed by atoms with Gasteiger partial charge in [0.25, 0.3) is 0 Å². The highest BCUT2D eigenvalue weighted by atomic mass is 19.1. The number of rotatable bonds is 3. The van der Waals surface area contributed by atoms with Gasteiger partial charge in [0.2, 0.25) is 5.78 Å². The molecule has 0 spiro atoms. The zero-order valence-corrected chi connectivity index (χ0v) is 10.5. The van der Waals surface area contributed by atoms with Crippen LogP contribution in [-0.4, -0.2) is 34.2 Å². The van der Waals surface area contributed by atoms with E-state index in [1.54, 1.807) is 30.3 Å². The molecule has 2 heterocycles. The van der Waals surface area contributed by atoms with Crippen molar-refractivity contribution in [2.75, 3.05) is 14.1 Å². The smallest absolute Gasteiger partial charge is 0.205 e. The largest absolute Gasteiger partial charge is 0.383 e. The molecule has 0 saturated heterocycles. The molecule has 0 radical (unpaired) electrons. The minimum atomic E-state index is -0.434. The lowest BCUT2D eigenvalue weighted by atomic mass is 10.2. The first-order valence-corrected chi connectivity index (χ1v) is 5.53. The van der Waals surface area contributed by atoms with Gasteiger partial charge in [-0.3, -0.25) is 9.20 Å². The van der Waals surface area contributed by atoms with Gasteiger partial charge in [0.1, 0.15) is 5.69 Å². The summed E-state index contributed by atoms with van der Waals surface area (Å²) in [5, 5.41) is 0. The van der Waals surface area contributed by atoms with Gasteiger partial charge in [-0.25, -0.2) is 9.37 Å². The molecule has 94 valence electrons. The highest BCUT2D eigenvalue weighted by molar-refractivity contribution is 6.04. The van der Waals surface area contributed by atoms with Gasteiger partial charge in [0.05, 0.1) is 5.69 Å². The molecule has 0 saturated carbocycles. The van der Waals surface area contributed by atoms with E-state index in [4.69, 9.17) is 0 Å². The van der Waals surface area contributed by atoms with Crippen LogP contribution in [0.2, 0.25) is 0 Å². The van der Waals surface area contributed by atoms with Gasteiger partial charge in [-0.1, -0.05) is 0 Å². The highest BCUT2D eigenvalue weighted by Crippen LogP contribution is 2.15. The first-order valence-electron chi connectivity index (χ1n) is 5.53. The van der Waals surface area contributed by atoms with Crippen molar-refractivity contribution >= 4 is 11.4 Å². The van der Waals surface area contributed by atoms with Gasteiger partial charge in [0.15, 0.2) is 11.5 Å². The summed E-state index contributed by atoms with van der Waals surface area (Å²) in [7, 11) is 3.65. The number of ketones is 1. The van der Waals surface area contributed by atoms with Gasteiger partial charge in [-0.05, 0) is 19.1 Å². The molecule has 0 unspecified atom stereocenters. The second-order valence-corrected chi connectivity index (χ2v) is 4.24. The lowest BCUT2D eigenvalue weighted by Gasteiger charge is -2.03. The van der Waals surface area contributed by atoms with E-state index in [0.29, 0.717) is 11.4 Å². The minimum Gasteiger partial charge on any atom is -0.383 e. The fraction of sp³-hybridized carbons (Fsp3) is 0.231. The van der Waals surface area contributed by atoms with Crippen LogP contribution < -0.4 is 0 Å². The number of aryl methyl sites for hydroxylation is 1. The van der Waals surface area contributed by atoms with Crippen LogP contribution in [0.3, 0.4) is 0 Å². The van der Waals surface area contributed by atoms with Crippen LogP contribution in [0.25, 0.3) is 5.65 Å². The summed E-state index contributed by atoms with van der Waals surface area (Å²) < 4.78 is 15.0. The maximum atomic E-state index is 13.5. The monoisotopic (exact) mass is 247 g/mol.